The molecule has 0 aromatic rings. The molecule has 3 N–H and O–H groups in total. The molecule has 0 unspecified atom stereocenters. The molecular weight excluding hydrogens is 412 g/mol. The third-order valence-electron chi connectivity index (χ3n) is 5.47. The summed E-state index contributed by atoms with van der Waals surface area (Å²) < 4.78 is 0. The average molecular weight is 469 g/mol. The van der Waals surface area contributed by atoms with Crippen molar-refractivity contribution in [3.63, 3.8) is 0 Å². The topological polar surface area (TPSA) is 73.5 Å². The summed E-state index contributed by atoms with van der Waals surface area (Å²) in [4.78, 5) is 26.5. The van der Waals surface area contributed by atoms with Crippen LogP contribution in [-0.2, 0) is 9.59 Å². The van der Waals surface area contributed by atoms with E-state index in [9.17, 15) is 9.59 Å². The lowest BCUT2D eigenvalue weighted by Crippen LogP contribution is -2.39. The molecule has 196 valence electrons. The van der Waals surface area contributed by atoms with E-state index in [-0.39, 0.29) is 33.5 Å². The SMILES string of the molecule is CN(CCNCCC(=O)NCC(C)(C)CC(C)(C)C)CCC(=O)NCC(C)(C)CC(C)(C)C. The molecule has 0 aromatic carbocycles. The number of rotatable bonds is 15. The number of carbonyl (C=O) groups is 2. The molecule has 6 heteroatoms. The Labute approximate surface area is 205 Å². The third-order valence-corrected chi connectivity index (χ3v) is 5.47. The number of amides is 2. The van der Waals surface area contributed by atoms with Crippen LogP contribution >= 0.6 is 0 Å². The van der Waals surface area contributed by atoms with E-state index in [1.54, 1.807) is 0 Å². The quantitative estimate of drug-likeness (QED) is 0.311. The summed E-state index contributed by atoms with van der Waals surface area (Å²) in [6, 6.07) is 0. The Bertz CT molecular complexity index is 586. The van der Waals surface area contributed by atoms with Crippen LogP contribution in [-0.4, -0.2) is 63.0 Å². The Hall–Kier alpha value is -1.14. The van der Waals surface area contributed by atoms with E-state index < -0.39 is 0 Å². The van der Waals surface area contributed by atoms with E-state index in [0.717, 1.165) is 32.5 Å². The molecular formula is C27H56N4O2. The van der Waals surface area contributed by atoms with Gasteiger partial charge in [-0.1, -0.05) is 69.2 Å². The molecule has 0 fully saturated rings. The second-order valence-corrected chi connectivity index (χ2v) is 13.9. The number of nitrogens with one attached hydrogen (secondary N) is 3. The molecule has 0 saturated heterocycles. The Kier molecular flexibility index (Phi) is 13.2. The highest BCUT2D eigenvalue weighted by molar-refractivity contribution is 5.76. The van der Waals surface area contributed by atoms with Crippen LogP contribution in [0.2, 0.25) is 0 Å². The van der Waals surface area contributed by atoms with Crippen molar-refractivity contribution in [3.05, 3.63) is 0 Å². The first kappa shape index (κ1) is 31.9. The summed E-state index contributed by atoms with van der Waals surface area (Å²) >= 11 is 0. The van der Waals surface area contributed by atoms with Gasteiger partial charge < -0.3 is 20.9 Å². The number of hydrogen-bond acceptors (Lipinski definition) is 4. The van der Waals surface area contributed by atoms with Crippen LogP contribution in [0.5, 0.6) is 0 Å². The monoisotopic (exact) mass is 468 g/mol. The number of nitrogens with zero attached hydrogens (tertiary/aromatic N) is 1. The van der Waals surface area contributed by atoms with Crippen molar-refractivity contribution < 1.29 is 9.59 Å². The lowest BCUT2D eigenvalue weighted by molar-refractivity contribution is -0.122. The first-order valence-corrected chi connectivity index (χ1v) is 12.7. The Morgan fingerprint density at radius 3 is 1.48 bits per heavy atom. The van der Waals surface area contributed by atoms with Gasteiger partial charge in [-0.25, -0.2) is 0 Å². The van der Waals surface area contributed by atoms with Gasteiger partial charge in [0.2, 0.25) is 11.8 Å². The molecule has 6 nitrogen and oxygen atoms in total. The second-order valence-electron chi connectivity index (χ2n) is 13.9. The van der Waals surface area contributed by atoms with Gasteiger partial charge in [0.05, 0.1) is 0 Å². The highest BCUT2D eigenvalue weighted by Crippen LogP contribution is 2.33. The van der Waals surface area contributed by atoms with Crippen LogP contribution in [0.15, 0.2) is 0 Å². The van der Waals surface area contributed by atoms with Crippen molar-refractivity contribution in [2.24, 2.45) is 21.7 Å². The Morgan fingerprint density at radius 1 is 0.636 bits per heavy atom. The molecule has 0 aliphatic heterocycles. The van der Waals surface area contributed by atoms with Gasteiger partial charge in [0, 0.05) is 52.1 Å². The van der Waals surface area contributed by atoms with Gasteiger partial charge in [-0.3, -0.25) is 9.59 Å². The van der Waals surface area contributed by atoms with Gasteiger partial charge in [-0.2, -0.15) is 0 Å². The highest BCUT2D eigenvalue weighted by atomic mass is 16.2. The van der Waals surface area contributed by atoms with Crippen LogP contribution in [0.3, 0.4) is 0 Å². The summed E-state index contributed by atoms with van der Waals surface area (Å²) in [6.45, 7) is 26.7. The maximum absolute atomic E-state index is 12.2. The zero-order valence-electron chi connectivity index (χ0n) is 23.8. The van der Waals surface area contributed by atoms with Crippen LogP contribution in [0.1, 0.15) is 94.9 Å². The minimum absolute atomic E-state index is 0.0956. The predicted molar refractivity (Wildman–Crippen MR) is 141 cm³/mol. The van der Waals surface area contributed by atoms with Gasteiger partial charge in [0.25, 0.3) is 0 Å². The van der Waals surface area contributed by atoms with Gasteiger partial charge in [-0.05, 0) is 41.5 Å². The van der Waals surface area contributed by atoms with Crippen LogP contribution in [0, 0.1) is 21.7 Å². The lowest BCUT2D eigenvalue weighted by Gasteiger charge is -2.32. The largest absolute Gasteiger partial charge is 0.356 e. The second kappa shape index (κ2) is 13.7. The van der Waals surface area contributed by atoms with Crippen molar-refractivity contribution in [2.45, 2.75) is 94.9 Å². The standard InChI is InChI=1S/C27H56N4O2/c1-24(2,3)18-26(7,8)20-29-22(32)12-14-28-15-17-31(11)16-13-23(33)30-21-27(9,10)19-25(4,5)6/h28H,12-21H2,1-11H3,(H,29,32)(H,30,33). The molecule has 0 aromatic heterocycles. The fourth-order valence-electron chi connectivity index (χ4n) is 4.85. The Morgan fingerprint density at radius 2 is 1.06 bits per heavy atom. The molecule has 0 spiro atoms. The molecule has 0 aliphatic carbocycles. The fraction of sp³-hybridized carbons (Fsp3) is 0.926. The van der Waals surface area contributed by atoms with Gasteiger partial charge in [0.1, 0.15) is 0 Å². The van der Waals surface area contributed by atoms with Crippen molar-refractivity contribution in [3.8, 4) is 0 Å². The van der Waals surface area contributed by atoms with E-state index in [4.69, 9.17) is 0 Å². The van der Waals surface area contributed by atoms with Crippen molar-refractivity contribution in [2.75, 3.05) is 46.3 Å². The zero-order valence-corrected chi connectivity index (χ0v) is 23.8. The van der Waals surface area contributed by atoms with E-state index in [2.05, 4.69) is 90.1 Å². The normalized spacial score (nSPS) is 13.3. The summed E-state index contributed by atoms with van der Waals surface area (Å²) in [7, 11) is 2.03. The van der Waals surface area contributed by atoms with Crippen molar-refractivity contribution in [1.82, 2.24) is 20.9 Å². The van der Waals surface area contributed by atoms with Gasteiger partial charge >= 0.3 is 0 Å². The van der Waals surface area contributed by atoms with E-state index in [1.165, 1.54) is 0 Å². The number of carbonyl (C=O) groups excluding carboxylic acids is 2. The van der Waals surface area contributed by atoms with Crippen molar-refractivity contribution >= 4 is 11.8 Å². The maximum atomic E-state index is 12.2. The van der Waals surface area contributed by atoms with Gasteiger partial charge in [0.15, 0.2) is 0 Å². The molecule has 0 bridgehead atoms. The first-order chi connectivity index (χ1) is 14.8. The average Bonchev–Trinajstić information content (AvgIpc) is 2.59. The minimum atomic E-state index is 0.0956. The molecule has 0 radical (unpaired) electrons. The molecule has 33 heavy (non-hydrogen) atoms. The molecule has 0 atom stereocenters. The zero-order chi connectivity index (χ0) is 25.9. The van der Waals surface area contributed by atoms with E-state index in [0.29, 0.717) is 32.5 Å². The number of likely N-dealkylation sites (N-methyl/N-ethyl adjacent to an activating group) is 1. The van der Waals surface area contributed by atoms with Gasteiger partial charge in [-0.15, -0.1) is 0 Å². The van der Waals surface area contributed by atoms with E-state index >= 15 is 0 Å². The predicted octanol–water partition coefficient (Wildman–Crippen LogP) is 4.45. The summed E-state index contributed by atoms with van der Waals surface area (Å²) in [5, 5.41) is 9.51. The van der Waals surface area contributed by atoms with Crippen LogP contribution in [0.25, 0.3) is 0 Å². The maximum Gasteiger partial charge on any atom is 0.221 e. The molecule has 0 aliphatic rings. The summed E-state index contributed by atoms with van der Waals surface area (Å²) in [6.07, 6.45) is 3.13. The fourth-order valence-corrected chi connectivity index (χ4v) is 4.85. The number of hydrogen-bond donors (Lipinski definition) is 3. The Balaban J connectivity index is 3.92. The third kappa shape index (κ3) is 20.0. The molecule has 2 amide bonds. The van der Waals surface area contributed by atoms with Crippen LogP contribution in [0.4, 0.5) is 0 Å². The molecule has 0 heterocycles. The first-order valence-electron chi connectivity index (χ1n) is 12.7. The summed E-state index contributed by atoms with van der Waals surface area (Å²) in [5.74, 6) is 0.215. The van der Waals surface area contributed by atoms with Crippen molar-refractivity contribution in [1.29, 1.82) is 0 Å². The molecule has 0 rings (SSSR count). The minimum Gasteiger partial charge on any atom is -0.356 e. The molecule has 0 saturated carbocycles. The smallest absolute Gasteiger partial charge is 0.221 e. The van der Waals surface area contributed by atoms with Crippen LogP contribution < -0.4 is 16.0 Å². The van der Waals surface area contributed by atoms with E-state index in [1.807, 2.05) is 7.05 Å². The summed E-state index contributed by atoms with van der Waals surface area (Å²) in [5.41, 5.74) is 0.702. The lowest BCUT2D eigenvalue weighted by atomic mass is 9.76. The highest BCUT2D eigenvalue weighted by Gasteiger charge is 2.26.